The maximum Gasteiger partial charge on any atom is 0.219 e. The van der Waals surface area contributed by atoms with E-state index in [0.29, 0.717) is 0 Å². The van der Waals surface area contributed by atoms with Crippen molar-refractivity contribution in [3.05, 3.63) is 72.6 Å². The smallest absolute Gasteiger partial charge is 0.219 e. The molecular weight excluding hydrogens is 653 g/mol. The lowest BCUT2D eigenvalue weighted by atomic mass is 10.2. The third-order valence-electron chi connectivity index (χ3n) is 5.17. The lowest BCUT2D eigenvalue weighted by Gasteiger charge is -2.21. The summed E-state index contributed by atoms with van der Waals surface area (Å²) in [5.41, 5.74) is 0. The molecule has 0 aliphatic rings. The van der Waals surface area contributed by atoms with Crippen LogP contribution >= 0.6 is 69.6 Å². The molecular formula is C26H16Cl6O8. The normalized spacial score (nSPS) is 10.8. The van der Waals surface area contributed by atoms with Crippen LogP contribution in [0.4, 0.5) is 0 Å². The van der Waals surface area contributed by atoms with Crippen LogP contribution in [0, 0.1) is 0 Å². The number of rotatable bonds is 8. The molecule has 0 unspecified atom stereocenters. The van der Waals surface area contributed by atoms with Crippen LogP contribution in [0.25, 0.3) is 0 Å². The Kier molecular flexibility index (Phi) is 9.19. The molecule has 0 amide bonds. The van der Waals surface area contributed by atoms with E-state index in [-0.39, 0.29) is 87.6 Å². The van der Waals surface area contributed by atoms with Crippen molar-refractivity contribution in [2.45, 2.75) is 0 Å². The fourth-order valence-corrected chi connectivity index (χ4v) is 4.83. The second-order valence-electron chi connectivity index (χ2n) is 7.76. The fraction of sp³-hybridized carbons (Fsp3) is 0.0769. The number of aromatic hydroxyl groups is 3. The fourth-order valence-electron chi connectivity index (χ4n) is 3.40. The van der Waals surface area contributed by atoms with Gasteiger partial charge in [0.25, 0.3) is 0 Å². The van der Waals surface area contributed by atoms with Crippen molar-refractivity contribution in [3.63, 3.8) is 0 Å². The van der Waals surface area contributed by atoms with Gasteiger partial charge in [0.2, 0.25) is 17.2 Å². The number of hydrogen-bond donors (Lipinski definition) is 3. The van der Waals surface area contributed by atoms with E-state index in [1.54, 1.807) is 0 Å². The van der Waals surface area contributed by atoms with Gasteiger partial charge in [0, 0.05) is 35.4 Å². The predicted molar refractivity (Wildman–Crippen MR) is 154 cm³/mol. The SMILES string of the molecule is COc1ccc(Cl)c(Oc2c(O)cc(Oc3c(Cl)cc(O)cc3Cl)c(OC)c2Oc2cc(Cl)cc(O)c2Cl)c1Cl. The number of phenolic OH excluding ortho intramolecular Hbond substituents is 3. The Hall–Kier alpha value is -2.98. The van der Waals surface area contributed by atoms with Crippen molar-refractivity contribution in [2.24, 2.45) is 0 Å². The monoisotopic (exact) mass is 666 g/mol. The molecule has 40 heavy (non-hydrogen) atoms. The Balaban J connectivity index is 1.96. The molecule has 210 valence electrons. The Morgan fingerprint density at radius 1 is 0.500 bits per heavy atom. The first kappa shape index (κ1) is 30.0. The topological polar surface area (TPSA) is 107 Å². The minimum absolute atomic E-state index is 0.0132. The highest BCUT2D eigenvalue weighted by atomic mass is 35.5. The molecule has 0 radical (unpaired) electrons. The summed E-state index contributed by atoms with van der Waals surface area (Å²) >= 11 is 37.5. The summed E-state index contributed by atoms with van der Waals surface area (Å²) in [6, 6.07) is 9.01. The van der Waals surface area contributed by atoms with Gasteiger partial charge in [-0.05, 0) is 12.1 Å². The highest BCUT2D eigenvalue weighted by Crippen LogP contribution is 2.57. The Labute approximate surface area is 257 Å². The van der Waals surface area contributed by atoms with Gasteiger partial charge in [0.1, 0.15) is 27.3 Å². The molecule has 0 fully saturated rings. The van der Waals surface area contributed by atoms with Gasteiger partial charge in [0.05, 0.1) is 29.3 Å². The lowest BCUT2D eigenvalue weighted by molar-refractivity contribution is 0.328. The molecule has 0 atom stereocenters. The summed E-state index contributed by atoms with van der Waals surface area (Å²) in [5.74, 6) is -2.17. The maximum absolute atomic E-state index is 11.1. The molecule has 8 nitrogen and oxygen atoms in total. The first-order valence-electron chi connectivity index (χ1n) is 10.8. The average Bonchev–Trinajstić information content (AvgIpc) is 2.88. The zero-order valence-corrected chi connectivity index (χ0v) is 24.7. The molecule has 14 heteroatoms. The van der Waals surface area contributed by atoms with Crippen LogP contribution in [0.15, 0.2) is 42.5 Å². The van der Waals surface area contributed by atoms with Gasteiger partial charge < -0.3 is 39.0 Å². The Morgan fingerprint density at radius 3 is 1.77 bits per heavy atom. The van der Waals surface area contributed by atoms with Crippen molar-refractivity contribution in [1.29, 1.82) is 0 Å². The van der Waals surface area contributed by atoms with Gasteiger partial charge in [-0.3, -0.25) is 0 Å². The molecule has 0 aliphatic carbocycles. The number of halogens is 6. The highest BCUT2D eigenvalue weighted by molar-refractivity contribution is 6.38. The third-order valence-corrected chi connectivity index (χ3v) is 6.99. The molecule has 0 heterocycles. The van der Waals surface area contributed by atoms with Crippen molar-refractivity contribution < 1.29 is 39.0 Å². The zero-order chi connectivity index (χ0) is 29.3. The highest BCUT2D eigenvalue weighted by Gasteiger charge is 2.28. The van der Waals surface area contributed by atoms with E-state index in [0.717, 1.165) is 6.07 Å². The van der Waals surface area contributed by atoms with Gasteiger partial charge in [-0.15, -0.1) is 0 Å². The summed E-state index contributed by atoms with van der Waals surface area (Å²) in [7, 11) is 2.67. The standard InChI is InChI=1S/C26H16Cl6O8/c1-36-17-4-3-12(28)23(21(17)32)40-24-16(35)9-19(39-22-13(29)7-11(33)8-14(22)30)25(37-2)26(24)38-18-6-10(27)5-15(34)20(18)31/h3-9,33-35H,1-2H3. The van der Waals surface area contributed by atoms with Crippen LogP contribution in [0.1, 0.15) is 0 Å². The molecule has 3 N–H and O–H groups in total. The van der Waals surface area contributed by atoms with Crippen LogP contribution in [0.2, 0.25) is 30.1 Å². The van der Waals surface area contributed by atoms with Gasteiger partial charge in [0.15, 0.2) is 28.7 Å². The maximum atomic E-state index is 11.1. The number of ether oxygens (including phenoxy) is 5. The summed E-state index contributed by atoms with van der Waals surface area (Å²) in [6.07, 6.45) is 0. The molecule has 0 aliphatic heterocycles. The second kappa shape index (κ2) is 12.3. The van der Waals surface area contributed by atoms with Crippen LogP contribution in [-0.2, 0) is 0 Å². The van der Waals surface area contributed by atoms with E-state index >= 15 is 0 Å². The molecule has 4 aromatic rings. The molecule has 4 rings (SSSR count). The van der Waals surface area contributed by atoms with E-state index in [1.807, 2.05) is 0 Å². The summed E-state index contributed by atoms with van der Waals surface area (Å²) in [4.78, 5) is 0. The summed E-state index contributed by atoms with van der Waals surface area (Å²) in [6.45, 7) is 0. The molecule has 4 aromatic carbocycles. The van der Waals surface area contributed by atoms with Crippen LogP contribution < -0.4 is 23.7 Å². The number of hydrogen-bond acceptors (Lipinski definition) is 8. The number of methoxy groups -OCH3 is 2. The molecule has 0 bridgehead atoms. The predicted octanol–water partition coefficient (Wildman–Crippen LogP) is 10.1. The van der Waals surface area contributed by atoms with Gasteiger partial charge in [-0.2, -0.15) is 0 Å². The van der Waals surface area contributed by atoms with Crippen molar-refractivity contribution >= 4 is 69.6 Å². The van der Waals surface area contributed by atoms with Crippen molar-refractivity contribution in [2.75, 3.05) is 14.2 Å². The largest absolute Gasteiger partial charge is 0.508 e. The Bertz CT molecular complexity index is 1590. The van der Waals surface area contributed by atoms with E-state index in [4.69, 9.17) is 93.3 Å². The number of benzene rings is 4. The van der Waals surface area contributed by atoms with Gasteiger partial charge >= 0.3 is 0 Å². The van der Waals surface area contributed by atoms with E-state index in [9.17, 15) is 15.3 Å². The van der Waals surface area contributed by atoms with Crippen molar-refractivity contribution in [3.8, 4) is 63.2 Å². The molecule has 0 spiro atoms. The van der Waals surface area contributed by atoms with Crippen molar-refractivity contribution in [1.82, 2.24) is 0 Å². The van der Waals surface area contributed by atoms with Crippen LogP contribution in [-0.4, -0.2) is 29.5 Å². The van der Waals surface area contributed by atoms with Crippen LogP contribution in [0.3, 0.4) is 0 Å². The van der Waals surface area contributed by atoms with Gasteiger partial charge in [-0.25, -0.2) is 0 Å². The Morgan fingerprint density at radius 2 is 1.15 bits per heavy atom. The lowest BCUT2D eigenvalue weighted by Crippen LogP contribution is -2.00. The minimum Gasteiger partial charge on any atom is -0.508 e. The van der Waals surface area contributed by atoms with Crippen LogP contribution in [0.5, 0.6) is 63.2 Å². The number of phenols is 3. The second-order valence-corrected chi connectivity index (χ2v) is 10.2. The summed E-state index contributed by atoms with van der Waals surface area (Å²) < 4.78 is 28.6. The third kappa shape index (κ3) is 6.02. The quantitative estimate of drug-likeness (QED) is 0.170. The summed E-state index contributed by atoms with van der Waals surface area (Å²) in [5, 5.41) is 30.9. The minimum atomic E-state index is -0.547. The molecule has 0 saturated heterocycles. The molecule has 0 saturated carbocycles. The first-order valence-corrected chi connectivity index (χ1v) is 13.1. The average molecular weight is 669 g/mol. The van der Waals surface area contributed by atoms with E-state index in [2.05, 4.69) is 0 Å². The zero-order valence-electron chi connectivity index (χ0n) is 20.2. The first-order chi connectivity index (χ1) is 18.9. The van der Waals surface area contributed by atoms with E-state index < -0.39 is 5.75 Å². The van der Waals surface area contributed by atoms with Gasteiger partial charge in [-0.1, -0.05) is 69.6 Å². The van der Waals surface area contributed by atoms with E-state index in [1.165, 1.54) is 50.6 Å². The molecule has 0 aromatic heterocycles.